The van der Waals surface area contributed by atoms with Crippen LogP contribution in [0.15, 0.2) is 23.3 Å². The first-order valence-electron chi connectivity index (χ1n) is 6.76. The van der Waals surface area contributed by atoms with Gasteiger partial charge in [-0.05, 0) is 45.7 Å². The van der Waals surface area contributed by atoms with Gasteiger partial charge in [-0.15, -0.1) is 0 Å². The molecule has 0 aliphatic rings. The van der Waals surface area contributed by atoms with Crippen LogP contribution in [0.2, 0.25) is 5.02 Å². The number of guanidine groups is 1. The number of amides is 2. The molecule has 0 fully saturated rings. The fraction of sp³-hybridized carbons (Fsp3) is 0.500. The molecule has 0 bridgehead atoms. The van der Waals surface area contributed by atoms with E-state index in [2.05, 4.69) is 20.6 Å². The summed E-state index contributed by atoms with van der Waals surface area (Å²) < 4.78 is 0. The zero-order valence-electron chi connectivity index (χ0n) is 12.6. The summed E-state index contributed by atoms with van der Waals surface area (Å²) in [5.74, 6) is 0.377. The summed E-state index contributed by atoms with van der Waals surface area (Å²) in [5.41, 5.74) is 5.76. The lowest BCUT2D eigenvalue weighted by Crippen LogP contribution is -2.50. The largest absolute Gasteiger partial charge is 0.351 e. The van der Waals surface area contributed by atoms with Crippen LogP contribution in [-0.4, -0.2) is 29.1 Å². The number of hydrogen-bond donors (Lipinski definition) is 3. The van der Waals surface area contributed by atoms with Gasteiger partial charge in [0.2, 0.25) is 0 Å². The van der Waals surface area contributed by atoms with Gasteiger partial charge < -0.3 is 11.1 Å². The highest BCUT2D eigenvalue weighted by molar-refractivity contribution is 6.31. The quantitative estimate of drug-likeness (QED) is 0.451. The molecule has 0 radical (unpaired) electrons. The number of hydrogen-bond acceptors (Lipinski definition) is 3. The third kappa shape index (κ3) is 7.51. The predicted octanol–water partition coefficient (Wildman–Crippen LogP) is 2.08. The van der Waals surface area contributed by atoms with E-state index in [1.165, 1.54) is 0 Å². The molecule has 0 spiro atoms. The molecule has 0 atom stereocenters. The van der Waals surface area contributed by atoms with Crippen molar-refractivity contribution in [2.45, 2.75) is 39.2 Å². The average molecular weight is 312 g/mol. The van der Waals surface area contributed by atoms with Crippen molar-refractivity contribution in [3.8, 4) is 0 Å². The van der Waals surface area contributed by atoms with Crippen molar-refractivity contribution in [2.75, 3.05) is 6.54 Å². The lowest BCUT2D eigenvalue weighted by Gasteiger charge is -2.23. The van der Waals surface area contributed by atoms with E-state index in [9.17, 15) is 4.79 Å². The Hall–Kier alpha value is -1.82. The number of rotatable bonds is 4. The summed E-state index contributed by atoms with van der Waals surface area (Å²) in [6.07, 6.45) is 3.21. The average Bonchev–Trinajstić information content (AvgIpc) is 2.33. The molecule has 6 nitrogen and oxygen atoms in total. The molecular formula is C14H22ClN5O. The normalized spacial score (nSPS) is 12.1. The van der Waals surface area contributed by atoms with Gasteiger partial charge >= 0.3 is 6.03 Å². The summed E-state index contributed by atoms with van der Waals surface area (Å²) >= 11 is 6.04. The van der Waals surface area contributed by atoms with E-state index >= 15 is 0 Å². The summed E-state index contributed by atoms with van der Waals surface area (Å²) in [6.45, 7) is 6.45. The minimum Gasteiger partial charge on any atom is -0.351 e. The Kier molecular flexibility index (Phi) is 6.42. The third-order valence-electron chi connectivity index (χ3n) is 2.41. The molecule has 2 amide bonds. The molecule has 0 aromatic carbocycles. The molecule has 0 aliphatic heterocycles. The molecule has 0 saturated carbocycles. The molecule has 7 heteroatoms. The molecular weight excluding hydrogens is 290 g/mol. The monoisotopic (exact) mass is 311 g/mol. The van der Waals surface area contributed by atoms with Crippen LogP contribution >= 0.6 is 11.6 Å². The maximum Gasteiger partial charge on any atom is 0.318 e. The molecule has 1 aromatic rings. The van der Waals surface area contributed by atoms with E-state index < -0.39 is 6.03 Å². The lowest BCUT2D eigenvalue weighted by atomic mass is 10.1. The first-order valence-corrected chi connectivity index (χ1v) is 7.14. The van der Waals surface area contributed by atoms with E-state index in [4.69, 9.17) is 17.3 Å². The van der Waals surface area contributed by atoms with Crippen LogP contribution in [0.5, 0.6) is 0 Å². The number of nitrogens with two attached hydrogens (primary N) is 1. The van der Waals surface area contributed by atoms with Gasteiger partial charge in [-0.2, -0.15) is 0 Å². The van der Waals surface area contributed by atoms with Crippen LogP contribution in [-0.2, 0) is 6.42 Å². The van der Waals surface area contributed by atoms with Gasteiger partial charge in [0.25, 0.3) is 0 Å². The fourth-order valence-corrected chi connectivity index (χ4v) is 1.84. The number of pyridine rings is 1. The summed E-state index contributed by atoms with van der Waals surface area (Å²) in [7, 11) is 0. The number of nitrogens with zero attached hydrogens (tertiary/aromatic N) is 2. The van der Waals surface area contributed by atoms with Crippen molar-refractivity contribution < 1.29 is 4.79 Å². The number of aliphatic imine (C=N–C) groups is 1. The molecule has 21 heavy (non-hydrogen) atoms. The highest BCUT2D eigenvalue weighted by atomic mass is 35.5. The van der Waals surface area contributed by atoms with Crippen molar-refractivity contribution >= 4 is 23.6 Å². The Labute approximate surface area is 130 Å². The van der Waals surface area contributed by atoms with Gasteiger partial charge in [-0.25, -0.2) is 4.79 Å². The van der Waals surface area contributed by atoms with E-state index in [-0.39, 0.29) is 5.54 Å². The van der Waals surface area contributed by atoms with Crippen LogP contribution in [0.3, 0.4) is 0 Å². The number of carbonyl (C=O) groups is 1. The van der Waals surface area contributed by atoms with Crippen LogP contribution in [0.25, 0.3) is 0 Å². The maximum absolute atomic E-state index is 11.0. The molecule has 116 valence electrons. The maximum atomic E-state index is 11.0. The smallest absolute Gasteiger partial charge is 0.318 e. The fourth-order valence-electron chi connectivity index (χ4n) is 1.62. The van der Waals surface area contributed by atoms with E-state index in [1.54, 1.807) is 12.3 Å². The number of urea groups is 1. The van der Waals surface area contributed by atoms with Gasteiger partial charge in [0.1, 0.15) is 0 Å². The van der Waals surface area contributed by atoms with Crippen molar-refractivity contribution in [1.29, 1.82) is 0 Å². The molecule has 0 aliphatic carbocycles. The Morgan fingerprint density at radius 1 is 1.48 bits per heavy atom. The van der Waals surface area contributed by atoms with Crippen LogP contribution in [0.4, 0.5) is 4.79 Å². The number of halogens is 1. The second kappa shape index (κ2) is 7.83. The zero-order chi connectivity index (χ0) is 15.9. The number of aryl methyl sites for hydroxylation is 1. The van der Waals surface area contributed by atoms with Crippen molar-refractivity contribution in [3.05, 3.63) is 29.0 Å². The summed E-state index contributed by atoms with van der Waals surface area (Å²) in [4.78, 5) is 19.5. The highest BCUT2D eigenvalue weighted by Gasteiger charge is 2.13. The van der Waals surface area contributed by atoms with Gasteiger partial charge in [0.05, 0.1) is 10.7 Å². The SMILES string of the molecule is CC(C)(C)NC(=NCCCc1ncccc1Cl)NC(N)=O. The molecule has 1 aromatic heterocycles. The zero-order valence-corrected chi connectivity index (χ0v) is 13.4. The molecule has 4 N–H and O–H groups in total. The standard InChI is InChI=1S/C14H22ClN5O/c1-14(2,3)20-13(19-12(16)21)18-9-5-7-11-10(15)6-4-8-17-11/h4,6,8H,5,7,9H2,1-3H3,(H4,16,18,19,20,21). The first-order chi connectivity index (χ1) is 9.78. The molecule has 0 saturated heterocycles. The second-order valence-corrected chi connectivity index (χ2v) is 6.04. The minimum absolute atomic E-state index is 0.217. The second-order valence-electron chi connectivity index (χ2n) is 5.63. The third-order valence-corrected chi connectivity index (χ3v) is 2.76. The number of carbonyl (C=O) groups excluding carboxylic acids is 1. The van der Waals surface area contributed by atoms with Crippen LogP contribution < -0.4 is 16.4 Å². The summed E-state index contributed by atoms with van der Waals surface area (Å²) in [6, 6.07) is 2.97. The van der Waals surface area contributed by atoms with E-state index in [1.807, 2.05) is 26.8 Å². The summed E-state index contributed by atoms with van der Waals surface area (Å²) in [5, 5.41) is 6.23. The van der Waals surface area contributed by atoms with E-state index in [0.717, 1.165) is 18.5 Å². The number of nitrogens with one attached hydrogen (secondary N) is 2. The van der Waals surface area contributed by atoms with Gasteiger partial charge in [0.15, 0.2) is 5.96 Å². The highest BCUT2D eigenvalue weighted by Crippen LogP contribution is 2.13. The number of primary amides is 1. The van der Waals surface area contributed by atoms with Crippen LogP contribution in [0.1, 0.15) is 32.9 Å². The number of aromatic nitrogens is 1. The Bertz CT molecular complexity index is 510. The molecule has 1 rings (SSSR count). The first kappa shape index (κ1) is 17.2. The Morgan fingerprint density at radius 2 is 2.19 bits per heavy atom. The topological polar surface area (TPSA) is 92.4 Å². The van der Waals surface area contributed by atoms with Crippen molar-refractivity contribution in [3.63, 3.8) is 0 Å². The van der Waals surface area contributed by atoms with Crippen molar-refractivity contribution in [2.24, 2.45) is 10.7 Å². The van der Waals surface area contributed by atoms with Crippen LogP contribution in [0, 0.1) is 0 Å². The van der Waals surface area contributed by atoms with Crippen molar-refractivity contribution in [1.82, 2.24) is 15.6 Å². The van der Waals surface area contributed by atoms with E-state index in [0.29, 0.717) is 17.5 Å². The Balaban J connectivity index is 2.54. The minimum atomic E-state index is -0.640. The molecule has 1 heterocycles. The van der Waals surface area contributed by atoms with Gasteiger partial charge in [-0.3, -0.25) is 15.3 Å². The lowest BCUT2D eigenvalue weighted by molar-refractivity contribution is 0.252. The predicted molar refractivity (Wildman–Crippen MR) is 85.5 cm³/mol. The Morgan fingerprint density at radius 3 is 2.76 bits per heavy atom. The van der Waals surface area contributed by atoms with Gasteiger partial charge in [-0.1, -0.05) is 11.6 Å². The van der Waals surface area contributed by atoms with Gasteiger partial charge in [0, 0.05) is 18.3 Å². The molecule has 0 unspecified atom stereocenters.